The number of rotatable bonds is 4. The van der Waals surface area contributed by atoms with Crippen LogP contribution in [0.2, 0.25) is 0 Å². The number of aromatic nitrogens is 1. The lowest BCUT2D eigenvalue weighted by atomic mass is 10.5. The third-order valence-electron chi connectivity index (χ3n) is 0.981. The van der Waals surface area contributed by atoms with Crippen molar-refractivity contribution in [3.05, 3.63) is 11.6 Å². The van der Waals surface area contributed by atoms with E-state index in [0.29, 0.717) is 13.0 Å². The standard InChI is InChI=1S/C6H9NO2S/c8-2-1-3-9-6-4-7-10-5-6/h4-5,8H,1-3H2. The van der Waals surface area contributed by atoms with Gasteiger partial charge in [-0.2, -0.15) is 4.37 Å². The first-order valence-electron chi connectivity index (χ1n) is 3.06. The zero-order valence-corrected chi connectivity index (χ0v) is 6.30. The van der Waals surface area contributed by atoms with E-state index in [0.717, 1.165) is 5.75 Å². The number of nitrogens with zero attached hydrogens (tertiary/aromatic N) is 1. The maximum atomic E-state index is 8.40. The molecular formula is C6H9NO2S. The fourth-order valence-corrected chi connectivity index (χ4v) is 0.979. The van der Waals surface area contributed by atoms with Crippen molar-refractivity contribution in [3.63, 3.8) is 0 Å². The molecule has 0 bridgehead atoms. The molecule has 0 aromatic carbocycles. The molecule has 1 heterocycles. The van der Waals surface area contributed by atoms with Crippen LogP contribution in [0.1, 0.15) is 6.42 Å². The molecule has 0 radical (unpaired) electrons. The van der Waals surface area contributed by atoms with Gasteiger partial charge in [0.05, 0.1) is 18.2 Å². The van der Waals surface area contributed by atoms with E-state index in [1.54, 1.807) is 6.20 Å². The molecule has 4 heteroatoms. The van der Waals surface area contributed by atoms with Crippen molar-refractivity contribution in [1.29, 1.82) is 0 Å². The van der Waals surface area contributed by atoms with E-state index in [2.05, 4.69) is 4.37 Å². The highest BCUT2D eigenvalue weighted by Gasteiger charge is 1.91. The van der Waals surface area contributed by atoms with Gasteiger partial charge in [0.2, 0.25) is 0 Å². The average Bonchev–Trinajstić information content (AvgIpc) is 2.41. The molecule has 10 heavy (non-hydrogen) atoms. The van der Waals surface area contributed by atoms with Gasteiger partial charge in [-0.1, -0.05) is 0 Å². The summed E-state index contributed by atoms with van der Waals surface area (Å²) in [5.74, 6) is 0.790. The number of aliphatic hydroxyl groups excluding tert-OH is 1. The number of aliphatic hydroxyl groups is 1. The molecule has 1 N–H and O–H groups in total. The van der Waals surface area contributed by atoms with Crippen molar-refractivity contribution in [2.45, 2.75) is 6.42 Å². The largest absolute Gasteiger partial charge is 0.491 e. The minimum absolute atomic E-state index is 0.178. The van der Waals surface area contributed by atoms with Crippen LogP contribution in [0, 0.1) is 0 Å². The lowest BCUT2D eigenvalue weighted by Gasteiger charge is -1.98. The Morgan fingerprint density at radius 2 is 2.60 bits per heavy atom. The Balaban J connectivity index is 2.15. The molecule has 0 amide bonds. The Bertz CT molecular complexity index is 164. The Labute approximate surface area is 63.4 Å². The quantitative estimate of drug-likeness (QED) is 0.664. The SMILES string of the molecule is OCCCOc1cnsc1. The summed E-state index contributed by atoms with van der Waals surface area (Å²) in [7, 11) is 0. The lowest BCUT2D eigenvalue weighted by Crippen LogP contribution is -1.98. The molecule has 0 saturated carbocycles. The number of ether oxygens (including phenoxy) is 1. The van der Waals surface area contributed by atoms with E-state index in [9.17, 15) is 0 Å². The summed E-state index contributed by atoms with van der Waals surface area (Å²) < 4.78 is 9.03. The molecule has 0 aliphatic carbocycles. The van der Waals surface area contributed by atoms with Crippen LogP contribution < -0.4 is 4.74 Å². The molecule has 0 unspecified atom stereocenters. The molecule has 1 aromatic heterocycles. The molecule has 0 aliphatic rings. The fourth-order valence-electron chi connectivity index (χ4n) is 0.521. The van der Waals surface area contributed by atoms with Gasteiger partial charge in [-0.15, -0.1) is 0 Å². The van der Waals surface area contributed by atoms with Crippen molar-refractivity contribution >= 4 is 11.5 Å². The van der Waals surface area contributed by atoms with Crippen molar-refractivity contribution in [1.82, 2.24) is 4.37 Å². The van der Waals surface area contributed by atoms with Gasteiger partial charge in [0.1, 0.15) is 5.75 Å². The van der Waals surface area contributed by atoms with Crippen molar-refractivity contribution in [2.24, 2.45) is 0 Å². The summed E-state index contributed by atoms with van der Waals surface area (Å²) in [6, 6.07) is 0. The van der Waals surface area contributed by atoms with Gasteiger partial charge in [0, 0.05) is 13.0 Å². The molecule has 0 fully saturated rings. The van der Waals surface area contributed by atoms with E-state index in [4.69, 9.17) is 9.84 Å². The fraction of sp³-hybridized carbons (Fsp3) is 0.500. The Morgan fingerprint density at radius 3 is 3.20 bits per heavy atom. The zero-order chi connectivity index (χ0) is 7.23. The highest BCUT2D eigenvalue weighted by Crippen LogP contribution is 2.10. The van der Waals surface area contributed by atoms with Crippen LogP contribution in [0.5, 0.6) is 5.75 Å². The molecule has 56 valence electrons. The molecule has 1 aromatic rings. The van der Waals surface area contributed by atoms with Crippen LogP contribution in [-0.4, -0.2) is 22.7 Å². The predicted molar refractivity (Wildman–Crippen MR) is 39.3 cm³/mol. The average molecular weight is 159 g/mol. The molecule has 3 nitrogen and oxygen atoms in total. The smallest absolute Gasteiger partial charge is 0.149 e. The van der Waals surface area contributed by atoms with Crippen LogP contribution in [0.25, 0.3) is 0 Å². The lowest BCUT2D eigenvalue weighted by molar-refractivity contribution is 0.234. The maximum absolute atomic E-state index is 8.40. The van der Waals surface area contributed by atoms with Gasteiger partial charge in [0.25, 0.3) is 0 Å². The summed E-state index contributed by atoms with van der Waals surface area (Å²) >= 11 is 1.36. The van der Waals surface area contributed by atoms with Gasteiger partial charge in [-0.05, 0) is 11.5 Å². The first-order chi connectivity index (χ1) is 4.93. The first-order valence-corrected chi connectivity index (χ1v) is 3.90. The Morgan fingerprint density at radius 1 is 1.70 bits per heavy atom. The predicted octanol–water partition coefficient (Wildman–Crippen LogP) is 0.904. The second-order valence-corrected chi connectivity index (χ2v) is 2.44. The molecule has 0 atom stereocenters. The summed E-state index contributed by atoms with van der Waals surface area (Å²) in [4.78, 5) is 0. The van der Waals surface area contributed by atoms with Gasteiger partial charge < -0.3 is 9.84 Å². The monoisotopic (exact) mass is 159 g/mol. The van der Waals surface area contributed by atoms with Crippen LogP contribution in [0.3, 0.4) is 0 Å². The van der Waals surface area contributed by atoms with Gasteiger partial charge >= 0.3 is 0 Å². The van der Waals surface area contributed by atoms with Gasteiger partial charge in [-0.25, -0.2) is 0 Å². The van der Waals surface area contributed by atoms with Gasteiger partial charge in [-0.3, -0.25) is 0 Å². The summed E-state index contributed by atoms with van der Waals surface area (Å²) in [6.07, 6.45) is 2.35. The van der Waals surface area contributed by atoms with E-state index in [1.165, 1.54) is 11.5 Å². The molecule has 0 saturated heterocycles. The zero-order valence-electron chi connectivity index (χ0n) is 5.49. The minimum Gasteiger partial charge on any atom is -0.491 e. The van der Waals surface area contributed by atoms with Crippen LogP contribution in [-0.2, 0) is 0 Å². The van der Waals surface area contributed by atoms with E-state index < -0.39 is 0 Å². The van der Waals surface area contributed by atoms with Crippen molar-refractivity contribution in [3.8, 4) is 5.75 Å². The Kier molecular flexibility index (Phi) is 3.18. The van der Waals surface area contributed by atoms with E-state index in [1.807, 2.05) is 5.38 Å². The Hall–Kier alpha value is -0.610. The van der Waals surface area contributed by atoms with Crippen LogP contribution >= 0.6 is 11.5 Å². The summed E-state index contributed by atoms with van der Waals surface area (Å²) in [5.41, 5.74) is 0. The third-order valence-corrected chi connectivity index (χ3v) is 1.55. The van der Waals surface area contributed by atoms with Crippen LogP contribution in [0.15, 0.2) is 11.6 Å². The number of hydrogen-bond donors (Lipinski definition) is 1. The third kappa shape index (κ3) is 2.33. The van der Waals surface area contributed by atoms with Crippen LogP contribution in [0.4, 0.5) is 0 Å². The topological polar surface area (TPSA) is 42.4 Å². The van der Waals surface area contributed by atoms with Crippen molar-refractivity contribution < 1.29 is 9.84 Å². The summed E-state index contributed by atoms with van der Waals surface area (Å²) in [5, 5.41) is 10.2. The number of hydrogen-bond acceptors (Lipinski definition) is 4. The second-order valence-electron chi connectivity index (χ2n) is 1.79. The highest BCUT2D eigenvalue weighted by atomic mass is 32.1. The van der Waals surface area contributed by atoms with Gasteiger partial charge in [0.15, 0.2) is 0 Å². The normalized spacial score (nSPS) is 9.70. The minimum atomic E-state index is 0.178. The molecule has 0 aliphatic heterocycles. The van der Waals surface area contributed by atoms with E-state index in [-0.39, 0.29) is 6.61 Å². The highest BCUT2D eigenvalue weighted by molar-refractivity contribution is 7.03. The molecule has 1 rings (SSSR count). The second kappa shape index (κ2) is 4.24. The van der Waals surface area contributed by atoms with Crippen molar-refractivity contribution in [2.75, 3.05) is 13.2 Å². The van der Waals surface area contributed by atoms with E-state index >= 15 is 0 Å². The first kappa shape index (κ1) is 7.50. The summed E-state index contributed by atoms with van der Waals surface area (Å²) in [6.45, 7) is 0.743. The molecular weight excluding hydrogens is 150 g/mol. The maximum Gasteiger partial charge on any atom is 0.149 e. The molecule has 0 spiro atoms.